The van der Waals surface area contributed by atoms with Crippen molar-refractivity contribution < 1.29 is 8.76 Å². The van der Waals surface area contributed by atoms with Crippen molar-refractivity contribution in [3.8, 4) is 17.3 Å². The van der Waals surface area contributed by atoms with Gasteiger partial charge < -0.3 is 19.8 Å². The van der Waals surface area contributed by atoms with Crippen LogP contribution in [0.1, 0.15) is 18.9 Å². The summed E-state index contributed by atoms with van der Waals surface area (Å²) in [4.78, 5) is 22.0. The molecule has 188 valence electrons. The number of nitriles is 1. The molecule has 3 unspecified atom stereocenters. The van der Waals surface area contributed by atoms with Crippen LogP contribution in [0.25, 0.3) is 22.3 Å². The fraction of sp³-hybridized carbons (Fsp3) is 0.364. The Morgan fingerprint density at radius 2 is 2.17 bits per heavy atom. The molecule has 1 fully saturated rings. The lowest BCUT2D eigenvalue weighted by molar-refractivity contribution is 0.332. The highest BCUT2D eigenvalue weighted by atomic mass is 32.2. The molecule has 0 bridgehead atoms. The first-order valence-corrected chi connectivity index (χ1v) is 12.3. The van der Waals surface area contributed by atoms with E-state index in [1.165, 1.54) is 12.5 Å². The minimum absolute atomic E-state index is 0.0236. The number of rotatable bonds is 7. The normalized spacial score (nSPS) is 16.7. The van der Waals surface area contributed by atoms with E-state index in [2.05, 4.69) is 51.0 Å². The highest BCUT2D eigenvalue weighted by Crippen LogP contribution is 2.33. The van der Waals surface area contributed by atoms with Crippen LogP contribution < -0.4 is 14.9 Å². The number of aromatic nitrogens is 7. The van der Waals surface area contributed by atoms with Gasteiger partial charge in [-0.3, -0.25) is 13.6 Å². The van der Waals surface area contributed by atoms with E-state index in [1.54, 1.807) is 12.3 Å². The summed E-state index contributed by atoms with van der Waals surface area (Å²) in [5.41, 5.74) is 2.40. The molecule has 3 atom stereocenters. The number of aromatic amines is 1. The summed E-state index contributed by atoms with van der Waals surface area (Å²) in [6.45, 7) is 1.39. The molecule has 1 aliphatic rings. The third-order valence-corrected chi connectivity index (χ3v) is 6.13. The third kappa shape index (κ3) is 5.65. The summed E-state index contributed by atoms with van der Waals surface area (Å²) in [7, 11) is 3.75. The maximum Gasteiger partial charge on any atom is 0.235 e. The van der Waals surface area contributed by atoms with E-state index in [9.17, 15) is 14.0 Å². The van der Waals surface area contributed by atoms with Crippen molar-refractivity contribution in [2.45, 2.75) is 18.9 Å². The zero-order valence-corrected chi connectivity index (χ0v) is 20.6. The average Bonchev–Trinajstić information content (AvgIpc) is 3.63. The van der Waals surface area contributed by atoms with Gasteiger partial charge in [-0.15, -0.1) is 0 Å². The second-order valence-electron chi connectivity index (χ2n) is 8.17. The molecule has 5 heterocycles. The summed E-state index contributed by atoms with van der Waals surface area (Å²) >= 11 is -2.49. The molecule has 14 heteroatoms. The maximum absolute atomic E-state index is 10.9. The van der Waals surface area contributed by atoms with E-state index in [4.69, 9.17) is 0 Å². The molecule has 0 saturated carbocycles. The Morgan fingerprint density at radius 1 is 1.33 bits per heavy atom. The van der Waals surface area contributed by atoms with Crippen LogP contribution in [0.15, 0.2) is 43.2 Å². The lowest BCUT2D eigenvalue weighted by atomic mass is 9.96. The number of fused-ring (bicyclic) bond motifs is 1. The molecular weight excluding hydrogens is 482 g/mol. The second-order valence-corrected chi connectivity index (χ2v) is 8.84. The van der Waals surface area contributed by atoms with E-state index in [0.29, 0.717) is 18.8 Å². The van der Waals surface area contributed by atoms with Crippen LogP contribution in [0, 0.1) is 17.2 Å². The number of hydrogen-bond acceptors (Lipinski definition) is 10. The molecule has 1 saturated heterocycles. The van der Waals surface area contributed by atoms with Crippen LogP contribution >= 0.6 is 0 Å². The van der Waals surface area contributed by atoms with Crippen molar-refractivity contribution in [1.29, 1.82) is 5.26 Å². The first kappa shape index (κ1) is 25.2. The molecule has 0 radical (unpaired) electrons. The predicted molar refractivity (Wildman–Crippen MR) is 134 cm³/mol. The fourth-order valence-electron chi connectivity index (χ4n) is 4.27. The van der Waals surface area contributed by atoms with Crippen LogP contribution in [0.3, 0.4) is 0 Å². The van der Waals surface area contributed by atoms with Gasteiger partial charge >= 0.3 is 0 Å². The van der Waals surface area contributed by atoms with Gasteiger partial charge in [0.15, 0.2) is 0 Å². The van der Waals surface area contributed by atoms with Gasteiger partial charge in [0.25, 0.3) is 0 Å². The summed E-state index contributed by atoms with van der Waals surface area (Å²) in [6.07, 6.45) is 9.70. The molecule has 3 N–H and O–H groups in total. The Balaban J connectivity index is 0.000000967. The van der Waals surface area contributed by atoms with Crippen LogP contribution in [0.2, 0.25) is 0 Å². The first-order chi connectivity index (χ1) is 17.5. The molecule has 0 amide bonds. The number of anilines is 2. The van der Waals surface area contributed by atoms with Crippen LogP contribution in [0.5, 0.6) is 0 Å². The van der Waals surface area contributed by atoms with Gasteiger partial charge in [-0.1, -0.05) is 0 Å². The Morgan fingerprint density at radius 3 is 2.94 bits per heavy atom. The molecular formula is C22H26N11O2S-. The smallest absolute Gasteiger partial charge is 0.235 e. The second kappa shape index (κ2) is 11.7. The number of nitrogens with zero attached hydrogens (tertiary/aromatic N) is 8. The minimum Gasteiger partial charge on any atom is -0.755 e. The van der Waals surface area contributed by atoms with Crippen molar-refractivity contribution in [3.05, 3.63) is 43.2 Å². The van der Waals surface area contributed by atoms with E-state index in [1.807, 2.05) is 37.2 Å². The highest BCUT2D eigenvalue weighted by Gasteiger charge is 2.32. The van der Waals surface area contributed by atoms with Gasteiger partial charge in [-0.25, -0.2) is 15.0 Å². The van der Waals surface area contributed by atoms with Crippen molar-refractivity contribution in [2.24, 2.45) is 5.92 Å². The number of H-pyrrole nitrogens is 1. The quantitative estimate of drug-likeness (QED) is 0.311. The summed E-state index contributed by atoms with van der Waals surface area (Å²) in [6, 6.07) is 5.84. The van der Waals surface area contributed by atoms with E-state index >= 15 is 0 Å². The zero-order chi connectivity index (χ0) is 25.5. The molecule has 13 nitrogen and oxygen atoms in total. The molecule has 0 aromatic carbocycles. The van der Waals surface area contributed by atoms with Crippen LogP contribution in [-0.4, -0.2) is 70.6 Å². The van der Waals surface area contributed by atoms with E-state index in [-0.39, 0.29) is 17.9 Å². The van der Waals surface area contributed by atoms with Gasteiger partial charge in [-0.2, -0.15) is 15.3 Å². The summed E-state index contributed by atoms with van der Waals surface area (Å²) < 4.78 is 25.8. The first-order valence-electron chi connectivity index (χ1n) is 11.3. The zero-order valence-electron chi connectivity index (χ0n) is 19.8. The summed E-state index contributed by atoms with van der Waals surface area (Å²) in [5, 5.41) is 17.7. The van der Waals surface area contributed by atoms with Gasteiger partial charge in [-0.05, 0) is 32.6 Å². The van der Waals surface area contributed by atoms with Crippen LogP contribution in [-0.2, 0) is 11.3 Å². The largest absolute Gasteiger partial charge is 0.755 e. The molecule has 0 spiro atoms. The predicted octanol–water partition coefficient (Wildman–Crippen LogP) is 1.63. The Hall–Kier alpha value is -3.93. The SMILES string of the molecule is CNC.N#CCC(C1CCN(c2ccnc(NS(=O)[O-])n2)C1)n1cc(-c2ncnc3[nH]ccc23)cn1. The van der Waals surface area contributed by atoms with Gasteiger partial charge in [0.1, 0.15) is 17.8 Å². The monoisotopic (exact) mass is 508 g/mol. The highest BCUT2D eigenvalue weighted by molar-refractivity contribution is 7.80. The van der Waals surface area contributed by atoms with Gasteiger partial charge in [0, 0.05) is 59.8 Å². The van der Waals surface area contributed by atoms with Crippen molar-refractivity contribution >= 4 is 34.1 Å². The fourth-order valence-corrected chi connectivity index (χ4v) is 4.52. The third-order valence-electron chi connectivity index (χ3n) is 5.78. The topological polar surface area (TPSA) is 176 Å². The lowest BCUT2D eigenvalue weighted by Crippen LogP contribution is -2.25. The molecule has 36 heavy (non-hydrogen) atoms. The van der Waals surface area contributed by atoms with Crippen molar-refractivity contribution in [3.63, 3.8) is 0 Å². The molecule has 0 aliphatic carbocycles. The molecule has 1 aliphatic heterocycles. The maximum atomic E-state index is 10.9. The van der Waals surface area contributed by atoms with Crippen LogP contribution in [0.4, 0.5) is 11.8 Å². The molecule has 4 aromatic rings. The van der Waals surface area contributed by atoms with E-state index in [0.717, 1.165) is 35.3 Å². The Labute approximate surface area is 210 Å². The number of hydrogen-bond donors (Lipinski definition) is 3. The van der Waals surface area contributed by atoms with Gasteiger partial charge in [0.05, 0.1) is 30.4 Å². The van der Waals surface area contributed by atoms with Crippen molar-refractivity contribution in [2.75, 3.05) is 36.8 Å². The van der Waals surface area contributed by atoms with Gasteiger partial charge in [0.2, 0.25) is 5.95 Å². The summed E-state index contributed by atoms with van der Waals surface area (Å²) in [5.74, 6) is 0.818. The Bertz CT molecular complexity index is 1370. The lowest BCUT2D eigenvalue weighted by Gasteiger charge is -2.23. The number of nitrogens with one attached hydrogen (secondary N) is 3. The van der Waals surface area contributed by atoms with Crippen molar-refractivity contribution in [1.82, 2.24) is 40.0 Å². The minimum atomic E-state index is -2.49. The molecule has 5 rings (SSSR count). The average molecular weight is 509 g/mol. The Kier molecular flexibility index (Phi) is 8.16. The molecule has 4 aromatic heterocycles. The standard InChI is InChI=1S/C20H20N10O2S.C2H7N/c21-5-1-16(13-4-8-29(10-13)17-3-7-23-20(27-17)28-33(31)32)30-11-14(9-26-30)18-15-2-6-22-19(15)25-12-24-18;1-3-2/h2-3,6-7,9,11-13,16H,1,4,8,10H2,(H,31,32)(H,22,24,25)(H,23,27,28);3H,1-2H3/p-1. The van der Waals surface area contributed by atoms with E-state index < -0.39 is 11.3 Å².